The molecule has 0 spiro atoms. The van der Waals surface area contributed by atoms with Crippen molar-refractivity contribution in [1.29, 1.82) is 0 Å². The molecule has 1 saturated carbocycles. The first-order valence-electron chi connectivity index (χ1n) is 7.84. The van der Waals surface area contributed by atoms with Crippen molar-refractivity contribution in [2.75, 3.05) is 13.2 Å². The Bertz CT molecular complexity index is 413. The van der Waals surface area contributed by atoms with E-state index < -0.39 is 10.2 Å². The summed E-state index contributed by atoms with van der Waals surface area (Å²) in [6, 6.07) is -0.212. The zero-order chi connectivity index (χ0) is 14.8. The van der Waals surface area contributed by atoms with Crippen LogP contribution in [0.5, 0.6) is 0 Å². The lowest BCUT2D eigenvalue weighted by Crippen LogP contribution is -2.54. The predicted octanol–water partition coefficient (Wildman–Crippen LogP) is 1.49. The van der Waals surface area contributed by atoms with Gasteiger partial charge in [-0.3, -0.25) is 0 Å². The van der Waals surface area contributed by atoms with Crippen molar-refractivity contribution in [2.24, 2.45) is 11.8 Å². The Morgan fingerprint density at radius 1 is 1.20 bits per heavy atom. The molecule has 0 radical (unpaired) electrons. The van der Waals surface area contributed by atoms with Gasteiger partial charge in [-0.05, 0) is 43.9 Å². The van der Waals surface area contributed by atoms with Gasteiger partial charge in [-0.25, -0.2) is 0 Å². The highest BCUT2D eigenvalue weighted by atomic mass is 32.2. The molecule has 1 heterocycles. The summed E-state index contributed by atoms with van der Waals surface area (Å²) < 4.78 is 29.5. The summed E-state index contributed by atoms with van der Waals surface area (Å²) >= 11 is 0. The quantitative estimate of drug-likeness (QED) is 0.827. The first kappa shape index (κ1) is 16.2. The van der Waals surface area contributed by atoms with Crippen LogP contribution in [0.2, 0.25) is 0 Å². The van der Waals surface area contributed by atoms with Gasteiger partial charge in [0.25, 0.3) is 10.2 Å². The van der Waals surface area contributed by atoms with Crippen molar-refractivity contribution in [2.45, 2.75) is 64.5 Å². The number of nitrogens with zero attached hydrogens (tertiary/aromatic N) is 1. The molecule has 0 amide bonds. The Morgan fingerprint density at radius 3 is 2.60 bits per heavy atom. The van der Waals surface area contributed by atoms with Gasteiger partial charge in [0, 0.05) is 18.6 Å². The smallest absolute Gasteiger partial charge is 0.280 e. The number of piperidine rings is 1. The maximum atomic E-state index is 12.6. The van der Waals surface area contributed by atoms with Crippen LogP contribution in [-0.4, -0.2) is 43.1 Å². The highest BCUT2D eigenvalue weighted by Crippen LogP contribution is 2.30. The van der Waals surface area contributed by atoms with Gasteiger partial charge in [0.1, 0.15) is 0 Å². The highest BCUT2D eigenvalue weighted by molar-refractivity contribution is 7.87. The molecule has 118 valence electrons. The highest BCUT2D eigenvalue weighted by Gasteiger charge is 2.35. The number of hydrogen-bond acceptors (Lipinski definition) is 3. The average Bonchev–Trinajstić information content (AvgIpc) is 2.42. The fourth-order valence-electron chi connectivity index (χ4n) is 3.57. The molecule has 5 nitrogen and oxygen atoms in total. The first-order chi connectivity index (χ1) is 9.44. The molecule has 2 rings (SSSR count). The van der Waals surface area contributed by atoms with E-state index in [9.17, 15) is 13.5 Å². The third-order valence-electron chi connectivity index (χ3n) is 4.82. The topological polar surface area (TPSA) is 69.6 Å². The van der Waals surface area contributed by atoms with E-state index in [4.69, 9.17) is 0 Å². The molecule has 1 aliphatic carbocycles. The fourth-order valence-corrected chi connectivity index (χ4v) is 5.37. The normalized spacial score (nSPS) is 37.0. The number of nitrogens with one attached hydrogen (secondary N) is 1. The van der Waals surface area contributed by atoms with Gasteiger partial charge >= 0.3 is 0 Å². The molecular weight excluding hydrogens is 276 g/mol. The predicted molar refractivity (Wildman–Crippen MR) is 79.5 cm³/mol. The molecule has 0 aromatic carbocycles. The number of rotatable bonds is 4. The Balaban J connectivity index is 2.02. The summed E-state index contributed by atoms with van der Waals surface area (Å²) in [5, 5.41) is 9.38. The maximum Gasteiger partial charge on any atom is 0.280 e. The zero-order valence-electron chi connectivity index (χ0n) is 12.6. The second kappa shape index (κ2) is 6.73. The second-order valence-electron chi connectivity index (χ2n) is 6.57. The van der Waals surface area contributed by atoms with E-state index >= 15 is 0 Å². The van der Waals surface area contributed by atoms with Gasteiger partial charge in [-0.2, -0.15) is 17.4 Å². The molecular formula is C14H28N2O3S. The summed E-state index contributed by atoms with van der Waals surface area (Å²) in [5.74, 6) is 1.07. The summed E-state index contributed by atoms with van der Waals surface area (Å²) in [5.41, 5.74) is 0. The lowest BCUT2D eigenvalue weighted by atomic mass is 9.80. The third-order valence-corrected chi connectivity index (χ3v) is 6.52. The lowest BCUT2D eigenvalue weighted by Gasteiger charge is -2.38. The van der Waals surface area contributed by atoms with Crippen LogP contribution in [0.25, 0.3) is 0 Å². The number of aliphatic hydroxyl groups excluding tert-OH is 1. The van der Waals surface area contributed by atoms with Gasteiger partial charge in [0.15, 0.2) is 0 Å². The van der Waals surface area contributed by atoms with Crippen LogP contribution in [0, 0.1) is 11.8 Å². The molecule has 4 unspecified atom stereocenters. The molecule has 0 bridgehead atoms. The van der Waals surface area contributed by atoms with Gasteiger partial charge in [0.05, 0.1) is 6.61 Å². The Hall–Kier alpha value is -0.170. The van der Waals surface area contributed by atoms with Crippen molar-refractivity contribution < 1.29 is 13.5 Å². The van der Waals surface area contributed by atoms with E-state index in [0.29, 0.717) is 18.4 Å². The Labute approximate surface area is 122 Å². The van der Waals surface area contributed by atoms with Crippen LogP contribution >= 0.6 is 0 Å². The van der Waals surface area contributed by atoms with Crippen LogP contribution in [-0.2, 0) is 10.2 Å². The van der Waals surface area contributed by atoms with Crippen LogP contribution in [0.4, 0.5) is 0 Å². The number of aliphatic hydroxyl groups is 1. The molecule has 4 atom stereocenters. The molecule has 2 aliphatic rings. The summed E-state index contributed by atoms with van der Waals surface area (Å²) in [4.78, 5) is 0. The maximum absolute atomic E-state index is 12.6. The van der Waals surface area contributed by atoms with Crippen LogP contribution in [0.1, 0.15) is 52.4 Å². The largest absolute Gasteiger partial charge is 0.395 e. The van der Waals surface area contributed by atoms with Crippen molar-refractivity contribution in [3.05, 3.63) is 0 Å². The minimum atomic E-state index is -3.47. The monoisotopic (exact) mass is 304 g/mol. The minimum absolute atomic E-state index is 0.0393. The van der Waals surface area contributed by atoms with E-state index in [2.05, 4.69) is 18.6 Å². The summed E-state index contributed by atoms with van der Waals surface area (Å²) in [6.07, 6.45) is 5.72. The standard InChI is InChI=1S/C14H28N2O3S/c1-11-6-7-14(12(2)9-11)15-20(18,19)16-8-4-3-5-13(16)10-17/h11-15,17H,3-10H2,1-2H3. The second-order valence-corrected chi connectivity index (χ2v) is 8.22. The molecule has 0 aromatic rings. The molecule has 0 aromatic heterocycles. The van der Waals surface area contributed by atoms with Gasteiger partial charge in [0.2, 0.25) is 0 Å². The van der Waals surface area contributed by atoms with E-state index in [1.165, 1.54) is 4.31 Å². The Kier molecular flexibility index (Phi) is 5.45. The van der Waals surface area contributed by atoms with Crippen molar-refractivity contribution >= 4 is 10.2 Å². The van der Waals surface area contributed by atoms with Gasteiger partial charge < -0.3 is 5.11 Å². The number of hydrogen-bond donors (Lipinski definition) is 2. The molecule has 6 heteroatoms. The van der Waals surface area contributed by atoms with Crippen molar-refractivity contribution in [3.8, 4) is 0 Å². The van der Waals surface area contributed by atoms with Crippen molar-refractivity contribution in [3.63, 3.8) is 0 Å². The third kappa shape index (κ3) is 3.72. The SMILES string of the molecule is CC1CCC(NS(=O)(=O)N2CCCCC2CO)C(C)C1. The molecule has 2 N–H and O–H groups in total. The van der Waals surface area contributed by atoms with E-state index in [1.54, 1.807) is 0 Å². The van der Waals surface area contributed by atoms with Crippen LogP contribution in [0.3, 0.4) is 0 Å². The van der Waals surface area contributed by atoms with E-state index in [-0.39, 0.29) is 18.7 Å². The molecule has 2 fully saturated rings. The lowest BCUT2D eigenvalue weighted by molar-refractivity contribution is 0.151. The van der Waals surface area contributed by atoms with Gasteiger partial charge in [-0.15, -0.1) is 0 Å². The summed E-state index contributed by atoms with van der Waals surface area (Å²) in [7, 11) is -3.47. The van der Waals surface area contributed by atoms with Crippen LogP contribution in [0.15, 0.2) is 0 Å². The van der Waals surface area contributed by atoms with E-state index in [0.717, 1.165) is 38.5 Å². The van der Waals surface area contributed by atoms with Crippen LogP contribution < -0.4 is 4.72 Å². The average molecular weight is 304 g/mol. The Morgan fingerprint density at radius 2 is 1.95 bits per heavy atom. The first-order valence-corrected chi connectivity index (χ1v) is 9.28. The minimum Gasteiger partial charge on any atom is -0.395 e. The molecule has 20 heavy (non-hydrogen) atoms. The van der Waals surface area contributed by atoms with Gasteiger partial charge in [-0.1, -0.05) is 20.3 Å². The summed E-state index contributed by atoms with van der Waals surface area (Å²) in [6.45, 7) is 4.80. The van der Waals surface area contributed by atoms with Crippen molar-refractivity contribution in [1.82, 2.24) is 9.03 Å². The molecule has 1 aliphatic heterocycles. The molecule has 1 saturated heterocycles. The van der Waals surface area contributed by atoms with E-state index in [1.807, 2.05) is 0 Å². The fraction of sp³-hybridized carbons (Fsp3) is 1.00. The zero-order valence-corrected chi connectivity index (χ0v) is 13.4.